The molecule has 0 radical (unpaired) electrons. The second-order valence-electron chi connectivity index (χ2n) is 2.56. The van der Waals surface area contributed by atoms with Gasteiger partial charge in [-0.15, -0.1) is 0 Å². The molecule has 0 aromatic rings. The van der Waals surface area contributed by atoms with Gasteiger partial charge in [-0.1, -0.05) is 0 Å². The fraction of sp³-hybridized carbons (Fsp3) is 1.00. The molecular formula is C6H13NO2. The van der Waals surface area contributed by atoms with Crippen molar-refractivity contribution in [3.05, 3.63) is 0 Å². The minimum Gasteiger partial charge on any atom is -0.389 e. The zero-order valence-corrected chi connectivity index (χ0v) is 5.87. The standard InChI is InChI=1S/C6H13NO2/c1-7-3-5(8)6(4-7)9-2/h5-6,8H,3-4H2,1-2H3. The van der Waals surface area contributed by atoms with Gasteiger partial charge in [-0.05, 0) is 7.05 Å². The van der Waals surface area contributed by atoms with E-state index in [9.17, 15) is 5.11 Å². The number of likely N-dealkylation sites (N-methyl/N-ethyl adjacent to an activating group) is 1. The molecule has 1 aliphatic heterocycles. The van der Waals surface area contributed by atoms with Gasteiger partial charge < -0.3 is 14.7 Å². The number of nitrogens with zero attached hydrogens (tertiary/aromatic N) is 1. The first-order valence-electron chi connectivity index (χ1n) is 3.13. The molecule has 1 fully saturated rings. The van der Waals surface area contributed by atoms with Gasteiger partial charge in [0.2, 0.25) is 0 Å². The monoisotopic (exact) mass is 131 g/mol. The Morgan fingerprint density at radius 2 is 2.22 bits per heavy atom. The maximum atomic E-state index is 9.19. The molecule has 2 unspecified atom stereocenters. The molecule has 0 amide bonds. The molecule has 9 heavy (non-hydrogen) atoms. The highest BCUT2D eigenvalue weighted by Crippen LogP contribution is 2.09. The van der Waals surface area contributed by atoms with Crippen LogP contribution in [0.5, 0.6) is 0 Å². The minimum absolute atomic E-state index is 0.0231. The fourth-order valence-corrected chi connectivity index (χ4v) is 1.17. The molecule has 0 aliphatic carbocycles. The average Bonchev–Trinajstić information content (AvgIpc) is 2.10. The predicted molar refractivity (Wildman–Crippen MR) is 34.3 cm³/mol. The van der Waals surface area contributed by atoms with Crippen LogP contribution in [-0.2, 0) is 4.74 Å². The van der Waals surface area contributed by atoms with Crippen LogP contribution in [0.15, 0.2) is 0 Å². The van der Waals surface area contributed by atoms with Gasteiger partial charge in [-0.25, -0.2) is 0 Å². The molecule has 1 N–H and O–H groups in total. The number of likely N-dealkylation sites (tertiary alicyclic amines) is 1. The largest absolute Gasteiger partial charge is 0.389 e. The zero-order chi connectivity index (χ0) is 6.85. The smallest absolute Gasteiger partial charge is 0.0969 e. The summed E-state index contributed by atoms with van der Waals surface area (Å²) in [5, 5.41) is 9.19. The number of aliphatic hydroxyl groups excluding tert-OH is 1. The van der Waals surface area contributed by atoms with Crippen LogP contribution in [0.1, 0.15) is 0 Å². The van der Waals surface area contributed by atoms with Gasteiger partial charge in [0.1, 0.15) is 0 Å². The van der Waals surface area contributed by atoms with Crippen LogP contribution in [0.4, 0.5) is 0 Å². The maximum absolute atomic E-state index is 9.19. The Morgan fingerprint density at radius 3 is 2.44 bits per heavy atom. The summed E-state index contributed by atoms with van der Waals surface area (Å²) in [7, 11) is 3.61. The number of ether oxygens (including phenoxy) is 1. The number of hydrogen-bond donors (Lipinski definition) is 1. The van der Waals surface area contributed by atoms with Crippen molar-refractivity contribution in [1.29, 1.82) is 0 Å². The Bertz CT molecular complexity index is 97.1. The summed E-state index contributed by atoms with van der Waals surface area (Å²) >= 11 is 0. The van der Waals surface area contributed by atoms with Crippen LogP contribution in [0.25, 0.3) is 0 Å². The van der Waals surface area contributed by atoms with Crippen LogP contribution in [0.2, 0.25) is 0 Å². The van der Waals surface area contributed by atoms with Crippen LogP contribution < -0.4 is 0 Å². The Hall–Kier alpha value is -0.120. The highest BCUT2D eigenvalue weighted by atomic mass is 16.5. The van der Waals surface area contributed by atoms with Gasteiger partial charge in [0.25, 0.3) is 0 Å². The summed E-state index contributed by atoms with van der Waals surface area (Å²) in [6, 6.07) is 0. The summed E-state index contributed by atoms with van der Waals surface area (Å²) in [5.41, 5.74) is 0. The third-order valence-electron chi connectivity index (χ3n) is 1.72. The third-order valence-corrected chi connectivity index (χ3v) is 1.72. The highest BCUT2D eigenvalue weighted by Gasteiger charge is 2.28. The molecule has 2 atom stereocenters. The van der Waals surface area contributed by atoms with E-state index in [0.717, 1.165) is 13.1 Å². The summed E-state index contributed by atoms with van der Waals surface area (Å²) in [5.74, 6) is 0. The quantitative estimate of drug-likeness (QED) is 0.511. The van der Waals surface area contributed by atoms with Crippen molar-refractivity contribution in [3.63, 3.8) is 0 Å². The van der Waals surface area contributed by atoms with Crippen molar-refractivity contribution in [3.8, 4) is 0 Å². The molecule has 1 heterocycles. The maximum Gasteiger partial charge on any atom is 0.0969 e. The lowest BCUT2D eigenvalue weighted by Gasteiger charge is -2.09. The van der Waals surface area contributed by atoms with Crippen molar-refractivity contribution in [2.45, 2.75) is 12.2 Å². The predicted octanol–water partition coefficient (Wildman–Crippen LogP) is -0.692. The van der Waals surface area contributed by atoms with E-state index in [4.69, 9.17) is 4.74 Å². The minimum atomic E-state index is -0.292. The molecule has 1 aliphatic rings. The lowest BCUT2D eigenvalue weighted by Crippen LogP contribution is -2.25. The van der Waals surface area contributed by atoms with E-state index in [-0.39, 0.29) is 12.2 Å². The van der Waals surface area contributed by atoms with Crippen molar-refractivity contribution >= 4 is 0 Å². The van der Waals surface area contributed by atoms with E-state index in [2.05, 4.69) is 4.90 Å². The number of aliphatic hydroxyl groups is 1. The summed E-state index contributed by atoms with van der Waals surface area (Å²) in [6.07, 6.45) is -0.269. The van der Waals surface area contributed by atoms with E-state index in [1.807, 2.05) is 7.05 Å². The van der Waals surface area contributed by atoms with Crippen LogP contribution in [-0.4, -0.2) is 49.5 Å². The third kappa shape index (κ3) is 1.41. The highest BCUT2D eigenvalue weighted by molar-refractivity contribution is 4.81. The van der Waals surface area contributed by atoms with Gasteiger partial charge in [0, 0.05) is 20.2 Å². The van der Waals surface area contributed by atoms with Gasteiger partial charge >= 0.3 is 0 Å². The van der Waals surface area contributed by atoms with Crippen molar-refractivity contribution in [2.24, 2.45) is 0 Å². The van der Waals surface area contributed by atoms with Crippen molar-refractivity contribution < 1.29 is 9.84 Å². The van der Waals surface area contributed by atoms with Gasteiger partial charge in [0.05, 0.1) is 12.2 Å². The lowest BCUT2D eigenvalue weighted by molar-refractivity contribution is 0.0215. The van der Waals surface area contributed by atoms with E-state index in [1.165, 1.54) is 0 Å². The second kappa shape index (κ2) is 2.64. The van der Waals surface area contributed by atoms with E-state index < -0.39 is 0 Å². The van der Waals surface area contributed by atoms with Gasteiger partial charge in [-0.3, -0.25) is 0 Å². The molecule has 0 spiro atoms. The van der Waals surface area contributed by atoms with Gasteiger partial charge in [0.15, 0.2) is 0 Å². The summed E-state index contributed by atoms with van der Waals surface area (Å²) in [4.78, 5) is 2.05. The Balaban J connectivity index is 2.38. The van der Waals surface area contributed by atoms with Crippen LogP contribution in [0, 0.1) is 0 Å². The number of hydrogen-bond acceptors (Lipinski definition) is 3. The lowest BCUT2D eigenvalue weighted by atomic mass is 10.3. The van der Waals surface area contributed by atoms with Crippen LogP contribution in [0.3, 0.4) is 0 Å². The summed E-state index contributed by atoms with van der Waals surface area (Å²) < 4.78 is 5.00. The van der Waals surface area contributed by atoms with Crippen LogP contribution >= 0.6 is 0 Å². The van der Waals surface area contributed by atoms with E-state index in [0.29, 0.717) is 0 Å². The molecule has 1 saturated heterocycles. The molecule has 3 heteroatoms. The van der Waals surface area contributed by atoms with E-state index >= 15 is 0 Å². The first-order valence-corrected chi connectivity index (χ1v) is 3.13. The molecule has 3 nitrogen and oxygen atoms in total. The SMILES string of the molecule is COC1CN(C)CC1O. The fourth-order valence-electron chi connectivity index (χ4n) is 1.17. The number of methoxy groups -OCH3 is 1. The zero-order valence-electron chi connectivity index (χ0n) is 5.87. The number of β-amino-alcohol motifs (C(OH)–C–C–N with tert-alkyl or cyclic N) is 1. The van der Waals surface area contributed by atoms with E-state index in [1.54, 1.807) is 7.11 Å². The molecule has 0 aromatic heterocycles. The number of rotatable bonds is 1. The van der Waals surface area contributed by atoms with Crippen molar-refractivity contribution in [1.82, 2.24) is 4.90 Å². The Morgan fingerprint density at radius 1 is 1.56 bits per heavy atom. The normalized spacial score (nSPS) is 37.7. The molecule has 0 bridgehead atoms. The first kappa shape index (κ1) is 6.99. The first-order chi connectivity index (χ1) is 4.24. The summed E-state index contributed by atoms with van der Waals surface area (Å²) in [6.45, 7) is 1.58. The average molecular weight is 131 g/mol. The Labute approximate surface area is 55.2 Å². The second-order valence-corrected chi connectivity index (χ2v) is 2.56. The van der Waals surface area contributed by atoms with Crippen molar-refractivity contribution in [2.75, 3.05) is 27.2 Å². The Kier molecular flexibility index (Phi) is 2.05. The van der Waals surface area contributed by atoms with Gasteiger partial charge in [-0.2, -0.15) is 0 Å². The topological polar surface area (TPSA) is 32.7 Å². The molecule has 0 saturated carbocycles. The molecule has 54 valence electrons. The molecular weight excluding hydrogens is 118 g/mol. The molecule has 1 rings (SSSR count). The molecule has 0 aromatic carbocycles.